The molecule has 1 saturated heterocycles. The van der Waals surface area contributed by atoms with E-state index >= 15 is 0 Å². The van der Waals surface area contributed by atoms with Crippen LogP contribution in [0.2, 0.25) is 5.15 Å². The van der Waals surface area contributed by atoms with Crippen LogP contribution in [0.3, 0.4) is 0 Å². The third-order valence-corrected chi connectivity index (χ3v) is 3.58. The van der Waals surface area contributed by atoms with Gasteiger partial charge >= 0.3 is 0 Å². The third-order valence-electron chi connectivity index (χ3n) is 3.38. The Kier molecular flexibility index (Phi) is 4.07. The highest BCUT2D eigenvalue weighted by Crippen LogP contribution is 2.21. The number of nitrogens with one attached hydrogen (secondary N) is 1. The van der Waals surface area contributed by atoms with E-state index in [-0.39, 0.29) is 5.91 Å². The van der Waals surface area contributed by atoms with Gasteiger partial charge < -0.3 is 10.2 Å². The summed E-state index contributed by atoms with van der Waals surface area (Å²) in [6.45, 7) is 5.29. The number of hydrogen-bond acceptors (Lipinski definition) is 3. The van der Waals surface area contributed by atoms with E-state index in [4.69, 9.17) is 11.6 Å². The summed E-state index contributed by atoms with van der Waals surface area (Å²) in [7, 11) is 0. The van der Waals surface area contributed by atoms with Crippen molar-refractivity contribution in [2.45, 2.75) is 32.7 Å². The number of amides is 1. The third kappa shape index (κ3) is 3.13. The topological polar surface area (TPSA) is 45.2 Å². The van der Waals surface area contributed by atoms with Gasteiger partial charge in [-0.25, -0.2) is 4.98 Å². The van der Waals surface area contributed by atoms with E-state index in [0.29, 0.717) is 11.2 Å². The molecule has 18 heavy (non-hydrogen) atoms. The zero-order valence-corrected chi connectivity index (χ0v) is 11.5. The first kappa shape index (κ1) is 13.1. The number of halogens is 1. The Morgan fingerprint density at radius 3 is 2.72 bits per heavy atom. The Balaban J connectivity index is 1.93. The molecular weight excluding hydrogens is 250 g/mol. The lowest BCUT2D eigenvalue weighted by Crippen LogP contribution is -2.41. The van der Waals surface area contributed by atoms with Gasteiger partial charge in [0.05, 0.1) is 11.9 Å². The van der Waals surface area contributed by atoms with E-state index in [9.17, 15) is 4.79 Å². The maximum atomic E-state index is 11.2. The number of carbonyl (C=O) groups is 1. The van der Waals surface area contributed by atoms with E-state index in [1.54, 1.807) is 13.1 Å². The summed E-state index contributed by atoms with van der Waals surface area (Å²) in [6, 6.07) is 2.26. The Morgan fingerprint density at radius 2 is 2.17 bits per heavy atom. The Hall–Kier alpha value is -1.29. The zero-order valence-electron chi connectivity index (χ0n) is 10.7. The second kappa shape index (κ2) is 5.57. The smallest absolute Gasteiger partial charge is 0.219 e. The van der Waals surface area contributed by atoms with Crippen LogP contribution in [-0.2, 0) is 4.79 Å². The van der Waals surface area contributed by atoms with Gasteiger partial charge in [-0.3, -0.25) is 4.79 Å². The number of nitrogens with zero attached hydrogens (tertiary/aromatic N) is 2. The fraction of sp³-hybridized carbons (Fsp3) is 0.538. The number of hydrogen-bond donors (Lipinski definition) is 1. The lowest BCUT2D eigenvalue weighted by molar-refractivity contribution is -0.129. The molecule has 5 heteroatoms. The van der Waals surface area contributed by atoms with E-state index < -0.39 is 0 Å². The number of aryl methyl sites for hydroxylation is 1. The summed E-state index contributed by atoms with van der Waals surface area (Å²) in [5.41, 5.74) is 2.13. The van der Waals surface area contributed by atoms with Crippen LogP contribution in [0.4, 0.5) is 5.69 Å². The normalized spacial score (nSPS) is 16.7. The molecule has 1 fully saturated rings. The average molecular weight is 268 g/mol. The molecule has 1 aliphatic rings. The predicted octanol–water partition coefficient (Wildman–Crippen LogP) is 2.47. The highest BCUT2D eigenvalue weighted by Gasteiger charge is 2.20. The Labute approximate surface area is 112 Å². The molecule has 0 unspecified atom stereocenters. The van der Waals surface area contributed by atoms with E-state index in [1.165, 1.54) is 0 Å². The van der Waals surface area contributed by atoms with E-state index in [0.717, 1.165) is 37.2 Å². The van der Waals surface area contributed by atoms with Gasteiger partial charge in [-0.05, 0) is 31.4 Å². The lowest BCUT2D eigenvalue weighted by Gasteiger charge is -2.32. The fourth-order valence-electron chi connectivity index (χ4n) is 2.23. The number of carbonyl (C=O) groups excluding carboxylic acids is 1. The minimum atomic E-state index is 0.165. The summed E-state index contributed by atoms with van der Waals surface area (Å²) in [5.74, 6) is 0.165. The molecule has 1 aromatic rings. The lowest BCUT2D eigenvalue weighted by atomic mass is 10.0. The Morgan fingerprint density at radius 1 is 1.50 bits per heavy atom. The van der Waals surface area contributed by atoms with Crippen molar-refractivity contribution in [2.24, 2.45) is 0 Å². The molecule has 0 spiro atoms. The van der Waals surface area contributed by atoms with E-state index in [2.05, 4.69) is 10.3 Å². The number of pyridine rings is 1. The summed E-state index contributed by atoms with van der Waals surface area (Å²) in [5, 5.41) is 3.99. The molecule has 0 aromatic carbocycles. The van der Waals surface area contributed by atoms with E-state index in [1.807, 2.05) is 17.9 Å². The van der Waals surface area contributed by atoms with Gasteiger partial charge in [-0.1, -0.05) is 11.6 Å². The van der Waals surface area contributed by atoms with Crippen LogP contribution in [0.1, 0.15) is 25.3 Å². The van der Waals surface area contributed by atoms with Crippen LogP contribution in [-0.4, -0.2) is 34.9 Å². The van der Waals surface area contributed by atoms with Gasteiger partial charge in [0.1, 0.15) is 5.15 Å². The molecule has 2 rings (SSSR count). The number of likely N-dealkylation sites (tertiary alicyclic amines) is 1. The molecule has 0 radical (unpaired) electrons. The fourth-order valence-corrected chi connectivity index (χ4v) is 2.44. The SMILES string of the molecule is CC(=O)N1CCC(Nc2cnc(Cl)cc2C)CC1. The van der Waals surface area contributed by atoms with Crippen molar-refractivity contribution in [1.82, 2.24) is 9.88 Å². The molecule has 0 saturated carbocycles. The quantitative estimate of drug-likeness (QED) is 0.838. The molecular formula is C13H18ClN3O. The molecule has 0 atom stereocenters. The van der Waals surface area contributed by atoms with Crippen LogP contribution in [0, 0.1) is 6.92 Å². The van der Waals surface area contributed by atoms with Gasteiger partial charge in [0.15, 0.2) is 0 Å². The second-order valence-corrected chi connectivity index (χ2v) is 5.13. The minimum absolute atomic E-state index is 0.165. The highest BCUT2D eigenvalue weighted by molar-refractivity contribution is 6.29. The molecule has 1 aromatic heterocycles. The molecule has 0 aliphatic carbocycles. The van der Waals surface area contributed by atoms with Crippen molar-refractivity contribution < 1.29 is 4.79 Å². The maximum absolute atomic E-state index is 11.2. The van der Waals surface area contributed by atoms with Crippen molar-refractivity contribution in [3.63, 3.8) is 0 Å². The Bertz CT molecular complexity index is 442. The van der Waals surface area contributed by atoms with Crippen LogP contribution < -0.4 is 5.32 Å². The summed E-state index contributed by atoms with van der Waals surface area (Å²) >= 11 is 5.83. The van der Waals surface area contributed by atoms with Gasteiger partial charge in [-0.15, -0.1) is 0 Å². The molecule has 4 nitrogen and oxygen atoms in total. The standard InChI is InChI=1S/C13H18ClN3O/c1-9-7-13(14)15-8-12(9)16-11-3-5-17(6-4-11)10(2)18/h7-8,11,16H,3-6H2,1-2H3. The first-order valence-corrected chi connectivity index (χ1v) is 6.58. The van der Waals surface area contributed by atoms with Crippen molar-refractivity contribution in [3.05, 3.63) is 23.0 Å². The van der Waals surface area contributed by atoms with Gasteiger partial charge in [0, 0.05) is 26.1 Å². The number of rotatable bonds is 2. The molecule has 0 bridgehead atoms. The van der Waals surface area contributed by atoms with Crippen molar-refractivity contribution in [2.75, 3.05) is 18.4 Å². The summed E-state index contributed by atoms with van der Waals surface area (Å²) in [4.78, 5) is 17.2. The molecule has 1 amide bonds. The average Bonchev–Trinajstić information content (AvgIpc) is 2.33. The van der Waals surface area contributed by atoms with Gasteiger partial charge in [0.25, 0.3) is 0 Å². The largest absolute Gasteiger partial charge is 0.381 e. The first-order valence-electron chi connectivity index (χ1n) is 6.20. The molecule has 1 N–H and O–H groups in total. The summed E-state index contributed by atoms with van der Waals surface area (Å²) in [6.07, 6.45) is 3.72. The monoisotopic (exact) mass is 267 g/mol. The molecule has 98 valence electrons. The zero-order chi connectivity index (χ0) is 13.1. The number of aromatic nitrogens is 1. The molecule has 2 heterocycles. The number of piperidine rings is 1. The predicted molar refractivity (Wildman–Crippen MR) is 72.9 cm³/mol. The van der Waals surface area contributed by atoms with Crippen molar-refractivity contribution in [3.8, 4) is 0 Å². The van der Waals surface area contributed by atoms with Crippen LogP contribution in [0.5, 0.6) is 0 Å². The maximum Gasteiger partial charge on any atom is 0.219 e. The first-order chi connectivity index (χ1) is 8.56. The minimum Gasteiger partial charge on any atom is -0.381 e. The van der Waals surface area contributed by atoms with Crippen LogP contribution in [0.15, 0.2) is 12.3 Å². The van der Waals surface area contributed by atoms with Crippen LogP contribution >= 0.6 is 11.6 Å². The van der Waals surface area contributed by atoms with Gasteiger partial charge in [-0.2, -0.15) is 0 Å². The highest BCUT2D eigenvalue weighted by atomic mass is 35.5. The molecule has 1 aliphatic heterocycles. The van der Waals surface area contributed by atoms with Crippen LogP contribution in [0.25, 0.3) is 0 Å². The van der Waals surface area contributed by atoms with Gasteiger partial charge in [0.2, 0.25) is 5.91 Å². The van der Waals surface area contributed by atoms with Crippen molar-refractivity contribution >= 4 is 23.2 Å². The second-order valence-electron chi connectivity index (χ2n) is 4.75. The van der Waals surface area contributed by atoms with Crippen molar-refractivity contribution in [1.29, 1.82) is 0 Å². The number of anilines is 1. The summed E-state index contributed by atoms with van der Waals surface area (Å²) < 4.78 is 0.